The summed E-state index contributed by atoms with van der Waals surface area (Å²) in [5.74, 6) is 5.30. The van der Waals surface area contributed by atoms with E-state index in [-0.39, 0.29) is 11.1 Å². The lowest BCUT2D eigenvalue weighted by Gasteiger charge is -2.06. The van der Waals surface area contributed by atoms with E-state index in [0.29, 0.717) is 17.9 Å². The minimum atomic E-state index is -0.260. The molecule has 94 valence electrons. The van der Waals surface area contributed by atoms with Gasteiger partial charge in [0.25, 0.3) is 5.91 Å². The lowest BCUT2D eigenvalue weighted by Crippen LogP contribution is -2.23. The van der Waals surface area contributed by atoms with Crippen LogP contribution in [0.4, 0.5) is 5.82 Å². The molecule has 0 spiro atoms. The van der Waals surface area contributed by atoms with Crippen molar-refractivity contribution in [3.63, 3.8) is 0 Å². The first kappa shape index (κ1) is 12.7. The van der Waals surface area contributed by atoms with Gasteiger partial charge in [-0.1, -0.05) is 11.6 Å². The van der Waals surface area contributed by atoms with Crippen LogP contribution in [0.1, 0.15) is 16.1 Å². The third kappa shape index (κ3) is 3.16. The van der Waals surface area contributed by atoms with Crippen molar-refractivity contribution in [1.82, 2.24) is 15.3 Å². The van der Waals surface area contributed by atoms with E-state index >= 15 is 0 Å². The minimum Gasteiger partial charge on any atom is -0.346 e. The van der Waals surface area contributed by atoms with Gasteiger partial charge in [0.1, 0.15) is 11.0 Å². The fraction of sp³-hybridized carbons (Fsp3) is 0.100. The Morgan fingerprint density at radius 3 is 3.00 bits per heavy atom. The van der Waals surface area contributed by atoms with Crippen LogP contribution < -0.4 is 16.6 Å². The number of nitrogens with two attached hydrogens (primary N) is 1. The third-order valence-electron chi connectivity index (χ3n) is 2.12. The number of anilines is 1. The summed E-state index contributed by atoms with van der Waals surface area (Å²) < 4.78 is 0. The van der Waals surface area contributed by atoms with Crippen LogP contribution in [0.25, 0.3) is 0 Å². The molecule has 8 heteroatoms. The molecular formula is C10H10ClN5OS. The fourth-order valence-electron chi connectivity index (χ4n) is 1.30. The van der Waals surface area contributed by atoms with Crippen LogP contribution in [-0.2, 0) is 6.54 Å². The Morgan fingerprint density at radius 2 is 2.33 bits per heavy atom. The molecule has 6 nitrogen and oxygen atoms in total. The Hall–Kier alpha value is -1.70. The van der Waals surface area contributed by atoms with Crippen LogP contribution in [0.3, 0.4) is 0 Å². The van der Waals surface area contributed by atoms with E-state index in [4.69, 9.17) is 17.4 Å². The summed E-state index contributed by atoms with van der Waals surface area (Å²) in [5.41, 5.74) is 5.25. The van der Waals surface area contributed by atoms with Crippen molar-refractivity contribution in [2.75, 3.05) is 5.43 Å². The Kier molecular flexibility index (Phi) is 4.08. The number of hydrogen-bond acceptors (Lipinski definition) is 6. The van der Waals surface area contributed by atoms with Crippen molar-refractivity contribution in [2.24, 2.45) is 5.84 Å². The van der Waals surface area contributed by atoms with E-state index in [1.165, 1.54) is 23.5 Å². The van der Waals surface area contributed by atoms with Gasteiger partial charge in [-0.05, 0) is 12.1 Å². The number of pyridine rings is 1. The molecule has 0 bridgehead atoms. The van der Waals surface area contributed by atoms with Crippen LogP contribution in [-0.4, -0.2) is 15.9 Å². The smallest absolute Gasteiger partial charge is 0.251 e. The molecule has 2 aromatic rings. The van der Waals surface area contributed by atoms with E-state index in [2.05, 4.69) is 20.7 Å². The van der Waals surface area contributed by atoms with Gasteiger partial charge in [0, 0.05) is 10.9 Å². The maximum Gasteiger partial charge on any atom is 0.251 e. The largest absolute Gasteiger partial charge is 0.346 e. The number of rotatable bonds is 4. The van der Waals surface area contributed by atoms with Gasteiger partial charge in [0.15, 0.2) is 0 Å². The van der Waals surface area contributed by atoms with Gasteiger partial charge in [-0.2, -0.15) is 0 Å². The first-order chi connectivity index (χ1) is 8.69. The maximum atomic E-state index is 11.9. The summed E-state index contributed by atoms with van der Waals surface area (Å²) in [5, 5.41) is 4.80. The molecule has 0 aromatic carbocycles. The normalized spacial score (nSPS) is 10.1. The van der Waals surface area contributed by atoms with Crippen molar-refractivity contribution in [1.29, 1.82) is 0 Å². The van der Waals surface area contributed by atoms with Crippen LogP contribution in [0.15, 0.2) is 23.0 Å². The maximum absolute atomic E-state index is 11.9. The van der Waals surface area contributed by atoms with Gasteiger partial charge in [-0.3, -0.25) is 4.79 Å². The van der Waals surface area contributed by atoms with Crippen molar-refractivity contribution >= 4 is 34.7 Å². The summed E-state index contributed by atoms with van der Waals surface area (Å²) in [7, 11) is 0. The van der Waals surface area contributed by atoms with Gasteiger partial charge in [-0.15, -0.1) is 11.3 Å². The van der Waals surface area contributed by atoms with Crippen molar-refractivity contribution in [2.45, 2.75) is 6.54 Å². The molecule has 0 saturated carbocycles. The fourth-order valence-corrected chi connectivity index (χ4v) is 2.07. The van der Waals surface area contributed by atoms with E-state index < -0.39 is 0 Å². The van der Waals surface area contributed by atoms with E-state index in [9.17, 15) is 4.79 Å². The molecule has 2 aromatic heterocycles. The number of nitrogens with one attached hydrogen (secondary N) is 2. The molecule has 2 heterocycles. The Bertz CT molecular complexity index is 545. The Morgan fingerprint density at radius 1 is 1.50 bits per heavy atom. The van der Waals surface area contributed by atoms with Crippen LogP contribution >= 0.6 is 22.9 Å². The second-order valence-electron chi connectivity index (χ2n) is 3.37. The molecule has 0 saturated heterocycles. The Labute approximate surface area is 112 Å². The number of carbonyl (C=O) groups excluding carboxylic acids is 1. The van der Waals surface area contributed by atoms with Gasteiger partial charge in [-0.25, -0.2) is 15.8 Å². The van der Waals surface area contributed by atoms with Crippen LogP contribution in [0.5, 0.6) is 0 Å². The molecule has 0 radical (unpaired) electrons. The average molecular weight is 284 g/mol. The zero-order valence-electron chi connectivity index (χ0n) is 9.18. The quantitative estimate of drug-likeness (QED) is 0.448. The van der Waals surface area contributed by atoms with Crippen molar-refractivity contribution < 1.29 is 4.79 Å². The molecule has 1 amide bonds. The molecule has 0 atom stereocenters. The number of aromatic nitrogens is 2. The SMILES string of the molecule is NNc1cc(C(=O)NCc2cscn2)cc(Cl)n1. The number of thiazole rings is 1. The predicted molar refractivity (Wildman–Crippen MR) is 70.3 cm³/mol. The summed E-state index contributed by atoms with van der Waals surface area (Å²) in [6.45, 7) is 0.369. The number of nitrogen functional groups attached to an aromatic ring is 1. The molecule has 0 aliphatic rings. The van der Waals surface area contributed by atoms with E-state index in [1.807, 2.05) is 5.38 Å². The third-order valence-corrected chi connectivity index (χ3v) is 2.95. The molecular weight excluding hydrogens is 274 g/mol. The van der Waals surface area contributed by atoms with E-state index in [1.54, 1.807) is 5.51 Å². The number of nitrogens with zero attached hydrogens (tertiary/aromatic N) is 2. The number of hydrogen-bond donors (Lipinski definition) is 3. The van der Waals surface area contributed by atoms with Gasteiger partial charge in [0.2, 0.25) is 0 Å². The lowest BCUT2D eigenvalue weighted by atomic mass is 10.2. The molecule has 0 fully saturated rings. The number of hydrazine groups is 1. The predicted octanol–water partition coefficient (Wildman–Crippen LogP) is 1.41. The zero-order chi connectivity index (χ0) is 13.0. The molecule has 0 aliphatic heterocycles. The van der Waals surface area contributed by atoms with Gasteiger partial charge in [0.05, 0.1) is 17.7 Å². The Balaban J connectivity index is 2.06. The number of amides is 1. The first-order valence-electron chi connectivity index (χ1n) is 4.98. The standard InChI is InChI=1S/C10H10ClN5OS/c11-8-1-6(2-9(15-8)16-12)10(17)13-3-7-4-18-5-14-7/h1-2,4-5H,3,12H2,(H,13,17)(H,15,16). The van der Waals surface area contributed by atoms with Crippen LogP contribution in [0.2, 0.25) is 5.15 Å². The molecule has 18 heavy (non-hydrogen) atoms. The highest BCUT2D eigenvalue weighted by atomic mass is 35.5. The van der Waals surface area contributed by atoms with E-state index in [0.717, 1.165) is 5.69 Å². The molecule has 2 rings (SSSR count). The summed E-state index contributed by atoms with van der Waals surface area (Å²) in [6.07, 6.45) is 0. The second-order valence-corrected chi connectivity index (χ2v) is 4.48. The summed E-state index contributed by atoms with van der Waals surface area (Å²) >= 11 is 7.25. The monoisotopic (exact) mass is 283 g/mol. The highest BCUT2D eigenvalue weighted by Gasteiger charge is 2.09. The summed E-state index contributed by atoms with van der Waals surface area (Å²) in [4.78, 5) is 19.8. The second kappa shape index (κ2) is 5.76. The van der Waals surface area contributed by atoms with Gasteiger partial charge >= 0.3 is 0 Å². The first-order valence-corrected chi connectivity index (χ1v) is 6.30. The topological polar surface area (TPSA) is 92.9 Å². The minimum absolute atomic E-state index is 0.198. The molecule has 0 aliphatic carbocycles. The zero-order valence-corrected chi connectivity index (χ0v) is 10.8. The van der Waals surface area contributed by atoms with Gasteiger partial charge < -0.3 is 10.7 Å². The van der Waals surface area contributed by atoms with Crippen molar-refractivity contribution in [3.8, 4) is 0 Å². The molecule has 0 unspecified atom stereocenters. The average Bonchev–Trinajstić information content (AvgIpc) is 2.88. The summed E-state index contributed by atoms with van der Waals surface area (Å²) in [6, 6.07) is 2.99. The highest BCUT2D eigenvalue weighted by Crippen LogP contribution is 2.13. The molecule has 4 N–H and O–H groups in total. The number of carbonyl (C=O) groups is 1. The van der Waals surface area contributed by atoms with Crippen LogP contribution in [0, 0.1) is 0 Å². The lowest BCUT2D eigenvalue weighted by molar-refractivity contribution is 0.0950. The number of halogens is 1. The highest BCUT2D eigenvalue weighted by molar-refractivity contribution is 7.07. The van der Waals surface area contributed by atoms with Crippen molar-refractivity contribution in [3.05, 3.63) is 39.4 Å².